The van der Waals surface area contributed by atoms with Crippen LogP contribution in [0.25, 0.3) is 0 Å². The Bertz CT molecular complexity index is 6620. The largest absolute Gasteiger partial charge is 0.468 e. The van der Waals surface area contributed by atoms with Crippen molar-refractivity contribution in [1.82, 2.24) is 30.1 Å². The molecule has 3 aromatic heterocycles. The number of hydrogen-bond acceptors (Lipinski definition) is 20. The zero-order valence-electron chi connectivity index (χ0n) is 73.5. The maximum atomic E-state index is 14.3. The molecular weight excluding hydrogens is 2030 g/mol. The third-order valence-electron chi connectivity index (χ3n) is 22.4. The smallest absolute Gasteiger partial charge is 0.435 e. The van der Waals surface area contributed by atoms with Crippen LogP contribution in [0.1, 0.15) is 178 Å². The average Bonchev–Trinajstić information content (AvgIpc) is 1.63. The molecule has 0 aliphatic carbocycles. The average molecular weight is 2100 g/mol. The summed E-state index contributed by atoms with van der Waals surface area (Å²) in [5, 5.41) is 26.6. The van der Waals surface area contributed by atoms with Crippen molar-refractivity contribution in [3.8, 4) is 0 Å². The van der Waals surface area contributed by atoms with Crippen molar-refractivity contribution in [1.29, 1.82) is 5.41 Å². The van der Waals surface area contributed by atoms with Gasteiger partial charge in [0.25, 0.3) is 46.1 Å². The number of halogens is 20. The number of aryl methyl sites for hydroxylation is 5. The van der Waals surface area contributed by atoms with Crippen LogP contribution in [0.2, 0.25) is 40.2 Å². The quantitative estimate of drug-likeness (QED) is 0.0311. The number of nitrogens with one attached hydrogen (secondary N) is 2. The molecule has 4 aliphatic rings. The van der Waals surface area contributed by atoms with Crippen LogP contribution in [0, 0.1) is 33.1 Å². The molecule has 4 atom stereocenters. The molecule has 4 unspecified atom stereocenters. The van der Waals surface area contributed by atoms with Gasteiger partial charge < -0.3 is 24.1 Å². The van der Waals surface area contributed by atoms with Gasteiger partial charge in [0.2, 0.25) is 11.8 Å². The number of ketones is 1. The molecule has 0 saturated heterocycles. The number of nitrogens with zero attached hydrogens (tertiary/aromatic N) is 9. The van der Waals surface area contributed by atoms with E-state index in [1.165, 1.54) is 110 Å². The van der Waals surface area contributed by atoms with Crippen LogP contribution in [-0.4, -0.2) is 121 Å². The van der Waals surface area contributed by atoms with E-state index in [-0.39, 0.29) is 140 Å². The van der Waals surface area contributed by atoms with Crippen molar-refractivity contribution in [2.24, 2.45) is 20.6 Å². The maximum absolute atomic E-state index is 14.3. The summed E-state index contributed by atoms with van der Waals surface area (Å²) in [7, 11) is 1.23. The molecule has 43 heteroatoms. The molecule has 7 heterocycles. The topological polar surface area (TPSA) is 279 Å². The fourth-order valence-corrected chi connectivity index (χ4v) is 17.8. The Balaban J connectivity index is 0.000000166. The second kappa shape index (κ2) is 43.4. The first-order valence-electron chi connectivity index (χ1n) is 41.3. The minimum absolute atomic E-state index is 0.00954. The van der Waals surface area contributed by atoms with Crippen molar-refractivity contribution in [2.45, 2.75) is 147 Å². The molecule has 0 radical (unpaired) electrons. The minimum atomic E-state index is -4.83. The highest BCUT2D eigenvalue weighted by Crippen LogP contribution is 2.55. The number of ether oxygens (including phenoxy) is 1. The van der Waals surface area contributed by atoms with Gasteiger partial charge in [0, 0.05) is 154 Å². The van der Waals surface area contributed by atoms with Gasteiger partial charge in [0.05, 0.1) is 59.9 Å². The summed E-state index contributed by atoms with van der Waals surface area (Å²) in [5.74, 6) is -2.57. The van der Waals surface area contributed by atoms with Gasteiger partial charge in [-0.2, -0.15) is 52.7 Å². The van der Waals surface area contributed by atoms with E-state index in [4.69, 9.17) is 118 Å². The lowest BCUT2D eigenvalue weighted by atomic mass is 9.86. The SMILES string of the molecule is CC(=O)N(Cc1cscn1)C(=O)c1ccc(C2=NOC(c3cc(Cl)cc(Cl)c3)(C(F)(F)F)C2)cc1C.CCC(=O)N(Cc1ccccn1)C(=O)c1ccc(C2=NOC(c3cc(Cl)cc(Cl)c3)(C(F)(F)F)C2)cc1C.COC(=N)NC(=O)c1ccc(C2=NOC(c3cc(Cl)cc(Cl)c3)(C(F)(F)F)C2)cc1C.Cc1cc(C2=NOC(c3cc(Cl)cc(Cl)c3)(C(F)(F)F)C2)ccc1C(=O)CCc1ccccn1. The molecule has 726 valence electrons. The number of hydrogen-bond donors (Lipinski definition) is 2. The summed E-state index contributed by atoms with van der Waals surface area (Å²) >= 11 is 48.9. The van der Waals surface area contributed by atoms with E-state index in [1.54, 1.807) is 106 Å². The number of amidine groups is 1. The number of oxime groups is 4. The first kappa shape index (κ1) is 106. The molecule has 0 saturated carbocycles. The second-order valence-corrected chi connectivity index (χ2v) is 36.1. The Morgan fingerprint density at radius 2 is 0.741 bits per heavy atom. The predicted molar refractivity (Wildman–Crippen MR) is 502 cm³/mol. The van der Waals surface area contributed by atoms with Crippen LogP contribution in [0.4, 0.5) is 52.7 Å². The number of methoxy groups -OCH3 is 1. The van der Waals surface area contributed by atoms with E-state index in [9.17, 15) is 81.5 Å². The number of Topliss-reactive ketones (excluding diaryl/α,β-unsaturated/α-hetero) is 1. The highest BCUT2D eigenvalue weighted by molar-refractivity contribution is 7.07. The van der Waals surface area contributed by atoms with Crippen LogP contribution >= 0.6 is 104 Å². The van der Waals surface area contributed by atoms with E-state index in [1.807, 2.05) is 12.1 Å². The maximum Gasteiger partial charge on any atom is 0.435 e. The Kier molecular flexibility index (Phi) is 33.0. The first-order valence-corrected chi connectivity index (χ1v) is 45.3. The fraction of sp³-hybridized carbons (Fsp3) is 0.250. The molecular formula is C96H75Cl8F12N11O11S. The van der Waals surface area contributed by atoms with Gasteiger partial charge in [-0.25, -0.2) is 4.98 Å². The number of benzene rings is 8. The van der Waals surface area contributed by atoms with E-state index in [0.29, 0.717) is 67.9 Å². The third-order valence-corrected chi connectivity index (χ3v) is 24.8. The Morgan fingerprint density at radius 3 is 1.03 bits per heavy atom. The normalized spacial score (nSPS) is 17.6. The Morgan fingerprint density at radius 1 is 0.424 bits per heavy atom. The van der Waals surface area contributed by atoms with Crippen LogP contribution in [0.15, 0.2) is 226 Å². The zero-order valence-corrected chi connectivity index (χ0v) is 80.3. The van der Waals surface area contributed by atoms with E-state index in [0.717, 1.165) is 51.9 Å². The first-order chi connectivity index (χ1) is 65.4. The molecule has 11 aromatic rings. The number of rotatable bonds is 20. The lowest BCUT2D eigenvalue weighted by Crippen LogP contribution is -2.42. The molecule has 2 N–H and O–H groups in total. The second-order valence-electron chi connectivity index (χ2n) is 31.9. The van der Waals surface area contributed by atoms with Crippen molar-refractivity contribution in [3.63, 3.8) is 0 Å². The summed E-state index contributed by atoms with van der Waals surface area (Å²) < 4.78 is 175. The highest BCUT2D eigenvalue weighted by Gasteiger charge is 2.66. The third kappa shape index (κ3) is 24.0. The summed E-state index contributed by atoms with van der Waals surface area (Å²) in [4.78, 5) is 111. The van der Waals surface area contributed by atoms with Gasteiger partial charge in [-0.1, -0.05) is 163 Å². The van der Waals surface area contributed by atoms with Gasteiger partial charge in [0.1, 0.15) is 0 Å². The number of pyridine rings is 2. The van der Waals surface area contributed by atoms with E-state index >= 15 is 0 Å². The molecule has 15 rings (SSSR count). The molecule has 0 fully saturated rings. The lowest BCUT2D eigenvalue weighted by molar-refractivity contribution is -0.276. The van der Waals surface area contributed by atoms with Crippen molar-refractivity contribution < 1.29 is 106 Å². The van der Waals surface area contributed by atoms with Gasteiger partial charge in [0.15, 0.2) is 5.78 Å². The molecule has 8 aromatic carbocycles. The van der Waals surface area contributed by atoms with Gasteiger partial charge in [-0.15, -0.1) is 11.3 Å². The van der Waals surface area contributed by atoms with Crippen molar-refractivity contribution >= 4 is 168 Å². The molecule has 0 spiro atoms. The number of carbonyl (C=O) groups is 6. The number of amides is 5. The minimum Gasteiger partial charge on any atom is -0.468 e. The molecule has 4 aliphatic heterocycles. The highest BCUT2D eigenvalue weighted by atomic mass is 35.5. The molecule has 22 nitrogen and oxygen atoms in total. The van der Waals surface area contributed by atoms with Crippen LogP contribution in [0.5, 0.6) is 0 Å². The summed E-state index contributed by atoms with van der Waals surface area (Å²) in [6.07, 6.45) is -17.5. The summed E-state index contributed by atoms with van der Waals surface area (Å²) in [5.41, 5.74) is -3.55. The van der Waals surface area contributed by atoms with Gasteiger partial charge in [-0.3, -0.25) is 59.3 Å². The number of aromatic nitrogens is 3. The zero-order chi connectivity index (χ0) is 101. The monoisotopic (exact) mass is 2100 g/mol. The standard InChI is InChI=1S/C27H22Cl2F3N3O3.C25H19Cl2F3N2O2.C24H18Cl2F3N3O3S.C20H16Cl2F3N3O3/c1-3-24(36)35(15-21-6-4-5-9-33-21)25(37)22-8-7-17(10-16(22)2)23-14-26(38-34-23,27(30,31)32)18-11-19(28)13-20(29)12-18;1-15-10-16(5-7-21(15)23(33)8-6-20-4-2-3-9-31-20)22-14-24(34-32-22,25(28,29)30)17-11-18(26)13-19(27)12-17;1-13-5-15(3-4-20(13)22(34)32(14(2)33)10-19-11-36-12-30-19)21-9-23(35-31-21,24(27,28)29)16-6-17(25)8-18(26)7-16;1-10-5-11(3-4-15(10)17(29)27-18(26)30-2)16-9-19(31-28-16,20(23,24)25)12-6-13(21)8-14(22)7-12/h4-13H,3,14-15H2,1-2H3;2-5,7,9-13H,6,8,14H2,1H3;3-8,11-12H,9-10H2,1-2H3;3-8H,9H2,1-2H3,(H2,26,27,29). The fourth-order valence-electron chi connectivity index (χ4n) is 15.2. The van der Waals surface area contributed by atoms with Crippen LogP contribution in [-0.2, 0) is 75.6 Å². The van der Waals surface area contributed by atoms with E-state index < -0.39 is 102 Å². The molecule has 0 bridgehead atoms. The van der Waals surface area contributed by atoms with Gasteiger partial charge >= 0.3 is 24.7 Å². The predicted octanol–water partition coefficient (Wildman–Crippen LogP) is 25.7. The number of carbonyl (C=O) groups excluding carboxylic acids is 6. The summed E-state index contributed by atoms with van der Waals surface area (Å²) in [6, 6.07) is 43.0. The number of thiazole rings is 1. The Labute approximate surface area is 829 Å². The molecule has 5 amide bonds. The van der Waals surface area contributed by atoms with Crippen LogP contribution < -0.4 is 5.32 Å². The summed E-state index contributed by atoms with van der Waals surface area (Å²) in [6.45, 7) is 9.53. The van der Waals surface area contributed by atoms with Crippen molar-refractivity contribution in [3.05, 3.63) is 352 Å². The van der Waals surface area contributed by atoms with Crippen LogP contribution in [0.3, 0.4) is 0 Å². The van der Waals surface area contributed by atoms with E-state index in [2.05, 4.69) is 45.6 Å². The molecule has 139 heavy (non-hydrogen) atoms. The Hall–Kier alpha value is -12.1. The number of imide groups is 2. The lowest BCUT2D eigenvalue weighted by Gasteiger charge is -2.29. The van der Waals surface area contributed by atoms with Crippen molar-refractivity contribution in [2.75, 3.05) is 7.11 Å². The van der Waals surface area contributed by atoms with Gasteiger partial charge in [-0.05, 0) is 218 Å². The number of alkyl halides is 12.